The largest absolute Gasteiger partial charge is 0.383 e. The van der Waals surface area contributed by atoms with Crippen LogP contribution in [-0.4, -0.2) is 50.7 Å². The van der Waals surface area contributed by atoms with Crippen LogP contribution in [0.15, 0.2) is 0 Å². The minimum absolute atomic E-state index is 0.0733. The van der Waals surface area contributed by atoms with E-state index < -0.39 is 0 Å². The average Bonchev–Trinajstić information content (AvgIpc) is 2.00. The van der Waals surface area contributed by atoms with E-state index in [1.54, 1.807) is 26.1 Å². The van der Waals surface area contributed by atoms with Gasteiger partial charge in [-0.2, -0.15) is 0 Å². The molecule has 4 nitrogen and oxygen atoms in total. The summed E-state index contributed by atoms with van der Waals surface area (Å²) >= 11 is 0. The van der Waals surface area contributed by atoms with Crippen LogP contribution in [0.3, 0.4) is 0 Å². The van der Waals surface area contributed by atoms with E-state index in [1.807, 2.05) is 13.8 Å². The van der Waals surface area contributed by atoms with Crippen LogP contribution in [0.5, 0.6) is 0 Å². The van der Waals surface area contributed by atoms with Crippen LogP contribution >= 0.6 is 0 Å². The first-order valence-corrected chi connectivity index (χ1v) is 4.33. The van der Waals surface area contributed by atoms with Gasteiger partial charge in [0, 0.05) is 26.7 Å². The Labute approximate surface area is 80.2 Å². The van der Waals surface area contributed by atoms with Crippen LogP contribution in [0.2, 0.25) is 0 Å². The molecule has 0 rings (SSSR count). The summed E-state index contributed by atoms with van der Waals surface area (Å²) in [5, 5.41) is 3.12. The van der Waals surface area contributed by atoms with Gasteiger partial charge in [0.1, 0.15) is 0 Å². The summed E-state index contributed by atoms with van der Waals surface area (Å²) in [5.41, 5.74) is -0.152. The minimum atomic E-state index is -0.152. The molecular formula is C9H20N2O2. The predicted molar refractivity (Wildman–Crippen MR) is 52.7 cm³/mol. The lowest BCUT2D eigenvalue weighted by atomic mass is 10.1. The van der Waals surface area contributed by atoms with Crippen molar-refractivity contribution in [2.75, 3.05) is 34.4 Å². The van der Waals surface area contributed by atoms with E-state index in [1.165, 1.54) is 0 Å². The number of ether oxygens (including phenoxy) is 1. The molecule has 0 saturated carbocycles. The third-order valence-electron chi connectivity index (χ3n) is 1.72. The highest BCUT2D eigenvalue weighted by Crippen LogP contribution is 2.00. The number of nitrogens with one attached hydrogen (secondary N) is 1. The molecule has 0 heterocycles. The zero-order valence-corrected chi connectivity index (χ0v) is 9.18. The van der Waals surface area contributed by atoms with Crippen molar-refractivity contribution in [3.8, 4) is 0 Å². The molecule has 0 saturated heterocycles. The third-order valence-corrected chi connectivity index (χ3v) is 1.72. The van der Waals surface area contributed by atoms with Crippen LogP contribution in [0.4, 0.5) is 0 Å². The van der Waals surface area contributed by atoms with E-state index in [2.05, 4.69) is 5.32 Å². The second kappa shape index (κ2) is 5.19. The first-order valence-electron chi connectivity index (χ1n) is 4.33. The number of nitrogens with zero attached hydrogens (tertiary/aromatic N) is 1. The van der Waals surface area contributed by atoms with Crippen molar-refractivity contribution in [1.82, 2.24) is 10.2 Å². The molecule has 0 radical (unpaired) electrons. The quantitative estimate of drug-likeness (QED) is 0.665. The van der Waals surface area contributed by atoms with Crippen LogP contribution in [-0.2, 0) is 9.53 Å². The number of hydrogen-bond acceptors (Lipinski definition) is 3. The summed E-state index contributed by atoms with van der Waals surface area (Å²) in [5.74, 6) is 0.0733. The summed E-state index contributed by atoms with van der Waals surface area (Å²) in [6.07, 6.45) is 0. The Kier molecular flexibility index (Phi) is 4.95. The number of amides is 1. The smallest absolute Gasteiger partial charge is 0.236 e. The van der Waals surface area contributed by atoms with Gasteiger partial charge in [-0.15, -0.1) is 0 Å². The fourth-order valence-corrected chi connectivity index (χ4v) is 0.885. The van der Waals surface area contributed by atoms with Crippen LogP contribution in [0.25, 0.3) is 0 Å². The van der Waals surface area contributed by atoms with Crippen molar-refractivity contribution in [2.45, 2.75) is 19.4 Å². The zero-order valence-electron chi connectivity index (χ0n) is 9.18. The topological polar surface area (TPSA) is 41.6 Å². The number of carbonyl (C=O) groups excluding carboxylic acids is 1. The lowest BCUT2D eigenvalue weighted by Gasteiger charge is -2.25. The Morgan fingerprint density at radius 1 is 1.46 bits per heavy atom. The normalized spacial score (nSPS) is 11.5. The first kappa shape index (κ1) is 12.4. The Morgan fingerprint density at radius 3 is 2.38 bits per heavy atom. The molecule has 1 N–H and O–H groups in total. The maximum atomic E-state index is 11.2. The van der Waals surface area contributed by atoms with Crippen molar-refractivity contribution in [3.05, 3.63) is 0 Å². The van der Waals surface area contributed by atoms with Gasteiger partial charge in [0.15, 0.2) is 0 Å². The van der Waals surface area contributed by atoms with Gasteiger partial charge < -0.3 is 15.0 Å². The second-order valence-corrected chi connectivity index (χ2v) is 3.96. The molecule has 0 atom stereocenters. The molecular weight excluding hydrogens is 168 g/mol. The maximum absolute atomic E-state index is 11.2. The standard InChI is InChI=1S/C9H20N2O2/c1-9(2,7-13-5)10-6-8(12)11(3)4/h10H,6-7H2,1-5H3. The summed E-state index contributed by atoms with van der Waals surface area (Å²) < 4.78 is 5.01. The Balaban J connectivity index is 3.80. The predicted octanol–water partition coefficient (Wildman–Crippen LogP) is 0.0892. The molecule has 0 aromatic heterocycles. The van der Waals surface area contributed by atoms with Crippen molar-refractivity contribution in [2.24, 2.45) is 0 Å². The highest BCUT2D eigenvalue weighted by Gasteiger charge is 2.18. The molecule has 0 bridgehead atoms. The van der Waals surface area contributed by atoms with E-state index in [9.17, 15) is 4.79 Å². The summed E-state index contributed by atoms with van der Waals surface area (Å²) in [6.45, 7) is 4.94. The van der Waals surface area contributed by atoms with Gasteiger partial charge in [0.2, 0.25) is 5.91 Å². The SMILES string of the molecule is COCC(C)(C)NCC(=O)N(C)C. The van der Waals surface area contributed by atoms with Crippen LogP contribution < -0.4 is 5.32 Å². The number of hydrogen-bond donors (Lipinski definition) is 1. The summed E-state index contributed by atoms with van der Waals surface area (Å²) in [7, 11) is 5.14. The highest BCUT2D eigenvalue weighted by molar-refractivity contribution is 5.77. The molecule has 0 unspecified atom stereocenters. The third kappa shape index (κ3) is 5.60. The van der Waals surface area contributed by atoms with Crippen molar-refractivity contribution >= 4 is 5.91 Å². The molecule has 0 aromatic carbocycles. The van der Waals surface area contributed by atoms with Gasteiger partial charge in [-0.1, -0.05) is 0 Å². The number of likely N-dealkylation sites (N-methyl/N-ethyl adjacent to an activating group) is 1. The van der Waals surface area contributed by atoms with E-state index in [0.29, 0.717) is 13.2 Å². The van der Waals surface area contributed by atoms with Gasteiger partial charge in [-0.25, -0.2) is 0 Å². The van der Waals surface area contributed by atoms with E-state index in [-0.39, 0.29) is 11.4 Å². The number of rotatable bonds is 5. The van der Waals surface area contributed by atoms with Crippen molar-refractivity contribution in [3.63, 3.8) is 0 Å². The Hall–Kier alpha value is -0.610. The minimum Gasteiger partial charge on any atom is -0.383 e. The first-order chi connectivity index (χ1) is 5.89. The van der Waals surface area contributed by atoms with Gasteiger partial charge in [-0.05, 0) is 13.8 Å². The molecule has 4 heteroatoms. The monoisotopic (exact) mass is 188 g/mol. The van der Waals surface area contributed by atoms with Crippen LogP contribution in [0.1, 0.15) is 13.8 Å². The lowest BCUT2D eigenvalue weighted by molar-refractivity contribution is -0.128. The fourth-order valence-electron chi connectivity index (χ4n) is 0.885. The fraction of sp³-hybridized carbons (Fsp3) is 0.889. The second-order valence-electron chi connectivity index (χ2n) is 3.96. The number of carbonyl (C=O) groups is 1. The average molecular weight is 188 g/mol. The molecule has 0 aliphatic rings. The van der Waals surface area contributed by atoms with E-state index in [0.717, 1.165) is 0 Å². The molecule has 0 fully saturated rings. The molecule has 1 amide bonds. The number of methoxy groups -OCH3 is 1. The molecule has 0 aliphatic carbocycles. The molecule has 0 aliphatic heterocycles. The summed E-state index contributed by atoms with van der Waals surface area (Å²) in [4.78, 5) is 12.8. The van der Waals surface area contributed by atoms with Gasteiger partial charge in [0.25, 0.3) is 0 Å². The van der Waals surface area contributed by atoms with Crippen molar-refractivity contribution < 1.29 is 9.53 Å². The Morgan fingerprint density at radius 2 is 2.00 bits per heavy atom. The Bertz CT molecular complexity index is 167. The molecule has 13 heavy (non-hydrogen) atoms. The van der Waals surface area contributed by atoms with Crippen LogP contribution in [0, 0.1) is 0 Å². The maximum Gasteiger partial charge on any atom is 0.236 e. The van der Waals surface area contributed by atoms with E-state index in [4.69, 9.17) is 4.74 Å². The van der Waals surface area contributed by atoms with Gasteiger partial charge >= 0.3 is 0 Å². The molecule has 0 spiro atoms. The highest BCUT2D eigenvalue weighted by atomic mass is 16.5. The van der Waals surface area contributed by atoms with Crippen molar-refractivity contribution in [1.29, 1.82) is 0 Å². The van der Waals surface area contributed by atoms with Gasteiger partial charge in [0.05, 0.1) is 13.2 Å². The van der Waals surface area contributed by atoms with Gasteiger partial charge in [-0.3, -0.25) is 4.79 Å². The molecule has 0 aromatic rings. The zero-order chi connectivity index (χ0) is 10.5. The molecule has 78 valence electrons. The van der Waals surface area contributed by atoms with E-state index >= 15 is 0 Å². The lowest BCUT2D eigenvalue weighted by Crippen LogP contribution is -2.47. The summed E-state index contributed by atoms with van der Waals surface area (Å²) in [6, 6.07) is 0.